The van der Waals surface area contributed by atoms with Gasteiger partial charge in [0.2, 0.25) is 0 Å². The van der Waals surface area contributed by atoms with E-state index in [-0.39, 0.29) is 0 Å². The van der Waals surface area contributed by atoms with Crippen molar-refractivity contribution in [2.75, 3.05) is 0 Å². The molecule has 16 heavy (non-hydrogen) atoms. The molecule has 0 aromatic heterocycles. The summed E-state index contributed by atoms with van der Waals surface area (Å²) in [5.41, 5.74) is 0. The van der Waals surface area contributed by atoms with E-state index in [9.17, 15) is 7.67 Å². The van der Waals surface area contributed by atoms with Crippen molar-refractivity contribution >= 4 is 28.3 Å². The molecule has 0 aromatic rings. The van der Waals surface area contributed by atoms with Crippen LogP contribution in [0, 0.1) is 0 Å². The van der Waals surface area contributed by atoms with Crippen LogP contribution in [-0.2, 0) is 7.67 Å². The first-order valence-electron chi connectivity index (χ1n) is 5.78. The molecule has 2 atom stereocenters. The summed E-state index contributed by atoms with van der Waals surface area (Å²) in [6.45, 7) is 0. The Labute approximate surface area is 106 Å². The van der Waals surface area contributed by atoms with Crippen LogP contribution in [0.4, 0.5) is 0 Å². The number of hydrogen-bond acceptors (Lipinski definition) is 2. The van der Waals surface area contributed by atoms with Gasteiger partial charge in [-0.3, -0.25) is 0 Å². The molecule has 0 radical (unpaired) electrons. The van der Waals surface area contributed by atoms with E-state index in [4.69, 9.17) is 8.38 Å². The molecule has 0 heterocycles. The van der Waals surface area contributed by atoms with Gasteiger partial charge in [0, 0.05) is 0 Å². The van der Waals surface area contributed by atoms with Gasteiger partial charge in [0.25, 0.3) is 0 Å². The molecule has 0 spiro atoms. The zero-order chi connectivity index (χ0) is 12.2. The summed E-state index contributed by atoms with van der Waals surface area (Å²) >= 11 is -4.88. The van der Waals surface area contributed by atoms with Gasteiger partial charge in [-0.2, -0.15) is 0 Å². The Kier molecular flexibility index (Phi) is 12.4. The summed E-state index contributed by atoms with van der Waals surface area (Å²) in [6, 6.07) is 0. The molecule has 0 aliphatic heterocycles. The fourth-order valence-electron chi connectivity index (χ4n) is 1.51. The molecular formula is C10H22O4Se2. The second-order valence-corrected chi connectivity index (χ2v) is 8.29. The summed E-state index contributed by atoms with van der Waals surface area (Å²) < 4.78 is 38.1. The third kappa shape index (κ3) is 14.6. The van der Waals surface area contributed by atoms with E-state index >= 15 is 0 Å². The fourth-order valence-corrected chi connectivity index (χ4v) is 3.40. The van der Waals surface area contributed by atoms with E-state index in [0.29, 0.717) is 10.6 Å². The molecule has 2 unspecified atom stereocenters. The van der Waals surface area contributed by atoms with Gasteiger partial charge in [-0.05, 0) is 0 Å². The SMILES string of the molecule is O=[Se](O)CCCCCCCCCC[Se](=O)O. The number of unbranched alkanes of at least 4 members (excludes halogenated alkanes) is 7. The Morgan fingerprint density at radius 1 is 0.562 bits per heavy atom. The Morgan fingerprint density at radius 3 is 1.06 bits per heavy atom. The normalized spacial score (nSPS) is 14.9. The molecular weight excluding hydrogens is 342 g/mol. The second kappa shape index (κ2) is 12.0. The Balaban J connectivity index is 2.98. The average Bonchev–Trinajstić information content (AvgIpc) is 2.20. The van der Waals surface area contributed by atoms with Crippen molar-refractivity contribution in [2.24, 2.45) is 0 Å². The van der Waals surface area contributed by atoms with Crippen molar-refractivity contribution in [3.05, 3.63) is 0 Å². The Hall–Kier alpha value is 0.559. The van der Waals surface area contributed by atoms with Gasteiger partial charge >= 0.3 is 106 Å². The van der Waals surface area contributed by atoms with Crippen LogP contribution in [-0.4, -0.2) is 36.7 Å². The summed E-state index contributed by atoms with van der Waals surface area (Å²) in [5.74, 6) is 0. The van der Waals surface area contributed by atoms with E-state index in [1.165, 1.54) is 12.8 Å². The Morgan fingerprint density at radius 2 is 0.812 bits per heavy atom. The summed E-state index contributed by atoms with van der Waals surface area (Å²) in [7, 11) is 0. The quantitative estimate of drug-likeness (QED) is 0.434. The van der Waals surface area contributed by atoms with E-state index in [1.54, 1.807) is 0 Å². The summed E-state index contributed by atoms with van der Waals surface area (Å²) in [4.78, 5) is 0. The minimum absolute atomic E-state index is 0.492. The topological polar surface area (TPSA) is 74.6 Å². The van der Waals surface area contributed by atoms with Gasteiger partial charge in [0.1, 0.15) is 0 Å². The third-order valence-corrected chi connectivity index (χ3v) is 5.06. The van der Waals surface area contributed by atoms with E-state index in [1.807, 2.05) is 0 Å². The number of rotatable bonds is 11. The Bertz CT molecular complexity index is 187. The van der Waals surface area contributed by atoms with Crippen LogP contribution in [0.5, 0.6) is 0 Å². The predicted octanol–water partition coefficient (Wildman–Crippen LogP) is 1.93. The van der Waals surface area contributed by atoms with Crippen LogP contribution >= 0.6 is 0 Å². The first-order valence-corrected chi connectivity index (χ1v) is 11.1. The molecule has 98 valence electrons. The maximum absolute atomic E-state index is 10.4. The van der Waals surface area contributed by atoms with Gasteiger partial charge in [0.15, 0.2) is 0 Å². The van der Waals surface area contributed by atoms with Crippen LogP contribution in [0.1, 0.15) is 51.4 Å². The summed E-state index contributed by atoms with van der Waals surface area (Å²) in [6.07, 6.45) is 8.46. The molecule has 0 rings (SSSR count). The molecule has 0 saturated carbocycles. The standard InChI is InChI=1S/C10H22O4Se2/c11-15(12)9-7-5-3-1-2-4-6-8-10-16(13)14/h1-10H2,(H,11,12)(H,13,14). The van der Waals surface area contributed by atoms with Crippen LogP contribution < -0.4 is 0 Å². The predicted molar refractivity (Wildman–Crippen MR) is 63.9 cm³/mol. The molecule has 0 amide bonds. The molecule has 0 aliphatic rings. The maximum atomic E-state index is 10.4. The zero-order valence-corrected chi connectivity index (χ0v) is 13.0. The molecule has 0 saturated heterocycles. The van der Waals surface area contributed by atoms with E-state index in [0.717, 1.165) is 38.5 Å². The molecule has 6 heteroatoms. The van der Waals surface area contributed by atoms with Gasteiger partial charge in [-0.15, -0.1) is 0 Å². The van der Waals surface area contributed by atoms with Gasteiger partial charge in [-0.25, -0.2) is 0 Å². The van der Waals surface area contributed by atoms with Gasteiger partial charge < -0.3 is 0 Å². The van der Waals surface area contributed by atoms with Crippen LogP contribution in [0.15, 0.2) is 0 Å². The first kappa shape index (κ1) is 16.6. The third-order valence-electron chi connectivity index (χ3n) is 2.39. The van der Waals surface area contributed by atoms with Crippen molar-refractivity contribution in [3.8, 4) is 0 Å². The molecule has 0 aliphatic carbocycles. The van der Waals surface area contributed by atoms with E-state index < -0.39 is 28.3 Å². The van der Waals surface area contributed by atoms with Crippen molar-refractivity contribution in [1.29, 1.82) is 0 Å². The van der Waals surface area contributed by atoms with Gasteiger partial charge in [-0.1, -0.05) is 0 Å². The van der Waals surface area contributed by atoms with Crippen LogP contribution in [0.2, 0.25) is 10.6 Å². The first-order chi connectivity index (χ1) is 7.63. The van der Waals surface area contributed by atoms with Crippen molar-refractivity contribution in [3.63, 3.8) is 0 Å². The van der Waals surface area contributed by atoms with Crippen LogP contribution in [0.25, 0.3) is 0 Å². The average molecular weight is 364 g/mol. The van der Waals surface area contributed by atoms with E-state index in [2.05, 4.69) is 0 Å². The molecule has 0 fully saturated rings. The fraction of sp³-hybridized carbons (Fsp3) is 1.00. The van der Waals surface area contributed by atoms with Crippen molar-refractivity contribution in [2.45, 2.75) is 62.0 Å². The molecule has 4 nitrogen and oxygen atoms in total. The second-order valence-electron chi connectivity index (χ2n) is 3.88. The van der Waals surface area contributed by atoms with Crippen LogP contribution in [0.3, 0.4) is 0 Å². The minimum atomic E-state index is -2.44. The van der Waals surface area contributed by atoms with Crippen molar-refractivity contribution in [1.82, 2.24) is 0 Å². The monoisotopic (exact) mass is 366 g/mol. The molecule has 2 N–H and O–H groups in total. The van der Waals surface area contributed by atoms with Crippen molar-refractivity contribution < 1.29 is 16.0 Å². The summed E-state index contributed by atoms with van der Waals surface area (Å²) in [5, 5.41) is 0.983. The molecule has 0 bridgehead atoms. The number of hydrogen-bond donors (Lipinski definition) is 2. The van der Waals surface area contributed by atoms with Gasteiger partial charge in [0.05, 0.1) is 0 Å². The molecule has 0 aromatic carbocycles. The zero-order valence-electron chi connectivity index (χ0n) is 9.60.